The molecule has 0 unspecified atom stereocenters. The van der Waals surface area contributed by atoms with Crippen LogP contribution >= 0.6 is 0 Å². The van der Waals surface area contributed by atoms with Gasteiger partial charge in [-0.25, -0.2) is 15.1 Å². The van der Waals surface area contributed by atoms with Crippen LogP contribution in [0.1, 0.15) is 29.5 Å². The molecule has 3 aromatic rings. The Hall–Kier alpha value is -4.70. The summed E-state index contributed by atoms with van der Waals surface area (Å²) in [5.74, 6) is -2.20. The van der Waals surface area contributed by atoms with Gasteiger partial charge in [-0.3, -0.25) is 19.3 Å². The number of hydrogen-bond donors (Lipinski definition) is 2. The third kappa shape index (κ3) is 8.90. The quantitative estimate of drug-likeness (QED) is 0.249. The maximum Gasteiger partial charge on any atom is 0.408 e. The van der Waals surface area contributed by atoms with Crippen molar-refractivity contribution < 1.29 is 33.9 Å². The van der Waals surface area contributed by atoms with Gasteiger partial charge in [0.05, 0.1) is 13.2 Å². The van der Waals surface area contributed by atoms with E-state index in [1.54, 1.807) is 12.1 Å². The van der Waals surface area contributed by atoms with Crippen molar-refractivity contribution in [1.29, 1.82) is 0 Å². The van der Waals surface area contributed by atoms with Gasteiger partial charge < -0.3 is 14.7 Å². The third-order valence-corrected chi connectivity index (χ3v) is 7.11. The molecule has 2 N–H and O–H groups in total. The van der Waals surface area contributed by atoms with Gasteiger partial charge in [0.1, 0.15) is 6.61 Å². The molecule has 3 aromatic carbocycles. The molecule has 0 aliphatic carbocycles. The van der Waals surface area contributed by atoms with Crippen molar-refractivity contribution in [3.63, 3.8) is 0 Å². The number of carbonyl (C=O) groups is 4. The number of aryl methyl sites for hydroxylation is 1. The monoisotopic (exact) mass is 573 g/mol. The molecule has 1 fully saturated rings. The summed E-state index contributed by atoms with van der Waals surface area (Å²) in [6, 6.07) is 26.9. The number of nitrogens with zero attached hydrogens (tertiary/aromatic N) is 2. The highest BCUT2D eigenvalue weighted by molar-refractivity contribution is 5.87. The topological polar surface area (TPSA) is 125 Å². The number of esters is 1. The molecule has 0 radical (unpaired) electrons. The minimum absolute atomic E-state index is 0.0135. The first-order valence-corrected chi connectivity index (χ1v) is 13.9. The van der Waals surface area contributed by atoms with Crippen LogP contribution in [-0.4, -0.2) is 64.5 Å². The van der Waals surface area contributed by atoms with Crippen LogP contribution in [0.3, 0.4) is 0 Å². The van der Waals surface area contributed by atoms with E-state index in [4.69, 9.17) is 9.57 Å². The molecule has 1 saturated heterocycles. The molecule has 0 saturated carbocycles. The molecule has 1 heterocycles. The van der Waals surface area contributed by atoms with E-state index in [1.807, 2.05) is 78.9 Å². The van der Waals surface area contributed by atoms with Gasteiger partial charge in [0.15, 0.2) is 6.04 Å². The smallest absolute Gasteiger partial charge is 0.408 e. The second kappa shape index (κ2) is 15.3. The molecule has 0 spiro atoms. The van der Waals surface area contributed by atoms with Crippen LogP contribution in [0.15, 0.2) is 91.0 Å². The van der Waals surface area contributed by atoms with Crippen molar-refractivity contribution in [1.82, 2.24) is 15.3 Å². The number of rotatable bonds is 12. The summed E-state index contributed by atoms with van der Waals surface area (Å²) >= 11 is 0. The molecule has 2 atom stereocenters. The molecule has 1 aliphatic rings. The molecular formula is C32H35N3O7. The fourth-order valence-corrected chi connectivity index (χ4v) is 4.83. The lowest BCUT2D eigenvalue weighted by Gasteiger charge is -2.39. The fourth-order valence-electron chi connectivity index (χ4n) is 4.83. The van der Waals surface area contributed by atoms with Gasteiger partial charge >= 0.3 is 12.1 Å². The molecule has 10 heteroatoms. The Morgan fingerprint density at radius 3 is 1.98 bits per heavy atom. The van der Waals surface area contributed by atoms with E-state index >= 15 is 0 Å². The van der Waals surface area contributed by atoms with Crippen LogP contribution in [0.25, 0.3) is 0 Å². The van der Waals surface area contributed by atoms with Gasteiger partial charge in [-0.2, -0.15) is 0 Å². The van der Waals surface area contributed by atoms with Crippen molar-refractivity contribution in [3.8, 4) is 0 Å². The van der Waals surface area contributed by atoms with Gasteiger partial charge in [0, 0.05) is 25.4 Å². The van der Waals surface area contributed by atoms with Gasteiger partial charge in [-0.1, -0.05) is 91.0 Å². The highest BCUT2D eigenvalue weighted by Crippen LogP contribution is 2.21. The Morgan fingerprint density at radius 1 is 0.810 bits per heavy atom. The van der Waals surface area contributed by atoms with E-state index in [0.717, 1.165) is 21.6 Å². The third-order valence-electron chi connectivity index (χ3n) is 7.11. The second-order valence-corrected chi connectivity index (χ2v) is 10.1. The number of piperazine rings is 1. The fraction of sp³-hybridized carbons (Fsp3) is 0.312. The Labute approximate surface area is 244 Å². The Bertz CT molecular complexity index is 1320. The normalized spacial score (nSPS) is 15.5. The summed E-state index contributed by atoms with van der Waals surface area (Å²) in [5, 5.41) is 9.72. The molecule has 42 heavy (non-hydrogen) atoms. The van der Waals surface area contributed by atoms with E-state index in [2.05, 4.69) is 5.48 Å². The van der Waals surface area contributed by atoms with Crippen LogP contribution in [0.2, 0.25) is 0 Å². The highest BCUT2D eigenvalue weighted by Gasteiger charge is 2.39. The number of benzene rings is 3. The Balaban J connectivity index is 1.41. The van der Waals surface area contributed by atoms with Crippen molar-refractivity contribution in [3.05, 3.63) is 108 Å². The highest BCUT2D eigenvalue weighted by atomic mass is 16.6. The lowest BCUT2D eigenvalue weighted by molar-refractivity contribution is -0.156. The van der Waals surface area contributed by atoms with Crippen molar-refractivity contribution in [2.45, 2.75) is 38.5 Å². The van der Waals surface area contributed by atoms with E-state index < -0.39 is 29.9 Å². The van der Waals surface area contributed by atoms with Gasteiger partial charge in [0.2, 0.25) is 11.8 Å². The van der Waals surface area contributed by atoms with E-state index in [0.29, 0.717) is 12.8 Å². The number of hydrogen-bond acceptors (Lipinski definition) is 6. The van der Waals surface area contributed by atoms with Crippen molar-refractivity contribution in [2.24, 2.45) is 5.92 Å². The summed E-state index contributed by atoms with van der Waals surface area (Å²) in [4.78, 5) is 59.3. The first-order chi connectivity index (χ1) is 20.4. The standard InChI is InChI=1S/C32H35N3O7/c36-29(33-42-23-26-14-8-3-9-15-26)20-27(17-16-24-10-4-1-5-11-24)30(37)34-18-19-35(32(39)40)28(21-34)31(38)41-22-25-12-6-2-7-13-25/h1-15,27-28H,16-23H2,(H,33,36)(H,39,40)/t27-,28+/m1/s1. The number of ether oxygens (including phenoxy) is 1. The SMILES string of the molecule is O=C(C[C@@H](CCc1ccccc1)C(=O)N1CCN(C(=O)O)[C@H](C(=O)OCc2ccccc2)C1)NOCc1ccccc1. The number of hydroxylamine groups is 1. The zero-order valence-corrected chi connectivity index (χ0v) is 23.3. The summed E-state index contributed by atoms with van der Waals surface area (Å²) in [6.07, 6.45) is -0.438. The van der Waals surface area contributed by atoms with Crippen molar-refractivity contribution >= 4 is 23.9 Å². The number of amides is 3. The maximum atomic E-state index is 13.8. The zero-order valence-electron chi connectivity index (χ0n) is 23.3. The van der Waals surface area contributed by atoms with Crippen LogP contribution in [0.5, 0.6) is 0 Å². The predicted octanol–water partition coefficient (Wildman–Crippen LogP) is 3.81. The van der Waals surface area contributed by atoms with Crippen LogP contribution in [-0.2, 0) is 43.6 Å². The van der Waals surface area contributed by atoms with Crippen molar-refractivity contribution in [2.75, 3.05) is 19.6 Å². The molecule has 4 rings (SSSR count). The lowest BCUT2D eigenvalue weighted by Crippen LogP contribution is -2.60. The van der Waals surface area contributed by atoms with E-state index in [1.165, 1.54) is 4.90 Å². The molecular weight excluding hydrogens is 538 g/mol. The zero-order chi connectivity index (χ0) is 29.7. The van der Waals surface area contributed by atoms with E-state index in [-0.39, 0.29) is 45.2 Å². The Morgan fingerprint density at radius 2 is 1.38 bits per heavy atom. The van der Waals surface area contributed by atoms with Crippen LogP contribution in [0.4, 0.5) is 4.79 Å². The lowest BCUT2D eigenvalue weighted by atomic mass is 9.94. The maximum absolute atomic E-state index is 13.8. The summed E-state index contributed by atoms with van der Waals surface area (Å²) < 4.78 is 5.42. The average Bonchev–Trinajstić information content (AvgIpc) is 3.02. The number of carboxylic acid groups (broad SMARTS) is 1. The van der Waals surface area contributed by atoms with E-state index in [9.17, 15) is 24.3 Å². The summed E-state index contributed by atoms with van der Waals surface area (Å²) in [5.41, 5.74) is 5.10. The average molecular weight is 574 g/mol. The molecule has 0 bridgehead atoms. The van der Waals surface area contributed by atoms with Crippen LogP contribution < -0.4 is 5.48 Å². The molecule has 220 valence electrons. The Kier molecular flexibility index (Phi) is 11.1. The predicted molar refractivity (Wildman–Crippen MR) is 154 cm³/mol. The largest absolute Gasteiger partial charge is 0.465 e. The number of carbonyl (C=O) groups excluding carboxylic acids is 3. The number of nitrogens with one attached hydrogen (secondary N) is 1. The van der Waals surface area contributed by atoms with Gasteiger partial charge in [0.25, 0.3) is 0 Å². The summed E-state index contributed by atoms with van der Waals surface area (Å²) in [6.45, 7) is 0.0534. The second-order valence-electron chi connectivity index (χ2n) is 10.1. The molecule has 10 nitrogen and oxygen atoms in total. The molecule has 0 aromatic heterocycles. The molecule has 1 aliphatic heterocycles. The van der Waals surface area contributed by atoms with Gasteiger partial charge in [-0.15, -0.1) is 0 Å². The summed E-state index contributed by atoms with van der Waals surface area (Å²) in [7, 11) is 0. The molecule has 3 amide bonds. The first-order valence-electron chi connectivity index (χ1n) is 13.9. The van der Waals surface area contributed by atoms with Gasteiger partial charge in [-0.05, 0) is 29.5 Å². The minimum Gasteiger partial charge on any atom is -0.465 e. The first kappa shape index (κ1) is 30.3. The minimum atomic E-state index is -1.26. The van der Waals surface area contributed by atoms with Crippen LogP contribution in [0, 0.1) is 5.92 Å².